The number of aromatic nitrogens is 2. The highest BCUT2D eigenvalue weighted by Crippen LogP contribution is 2.24. The third kappa shape index (κ3) is 2.56. The number of sulfonamides is 1. The van der Waals surface area contributed by atoms with Gasteiger partial charge in [-0.2, -0.15) is 5.10 Å². The maximum atomic E-state index is 12.2. The van der Waals surface area contributed by atoms with Gasteiger partial charge in [-0.05, 0) is 40.5 Å². The Morgan fingerprint density at radius 3 is 2.67 bits per heavy atom. The molecule has 5 nitrogen and oxygen atoms in total. The van der Waals surface area contributed by atoms with E-state index in [0.717, 1.165) is 5.56 Å². The third-order valence-corrected chi connectivity index (χ3v) is 4.78. The fraction of sp³-hybridized carbons (Fsp3) is 0.182. The van der Waals surface area contributed by atoms with Gasteiger partial charge in [0.1, 0.15) is 10.7 Å². The van der Waals surface area contributed by atoms with Gasteiger partial charge in [0.2, 0.25) is 0 Å². The molecule has 0 amide bonds. The molecule has 0 aliphatic rings. The molecule has 0 atom stereocenters. The number of aryl methyl sites for hydroxylation is 2. The molecule has 0 saturated carbocycles. The van der Waals surface area contributed by atoms with Crippen molar-refractivity contribution in [3.63, 3.8) is 0 Å². The SMILES string of the molecule is Cc1ccc(Br)c(S(=O)(=O)Nc2ccnn2C)c1. The number of nitrogens with one attached hydrogen (secondary N) is 1. The summed E-state index contributed by atoms with van der Waals surface area (Å²) in [6, 6.07) is 6.77. The summed E-state index contributed by atoms with van der Waals surface area (Å²) in [5.74, 6) is 0.420. The van der Waals surface area contributed by atoms with Crippen molar-refractivity contribution in [1.29, 1.82) is 0 Å². The molecule has 0 unspecified atom stereocenters. The molecule has 7 heteroatoms. The van der Waals surface area contributed by atoms with Crippen LogP contribution in [0.1, 0.15) is 5.56 Å². The lowest BCUT2D eigenvalue weighted by Crippen LogP contribution is -2.16. The Bertz CT molecular complexity index is 679. The molecule has 0 spiro atoms. The Labute approximate surface area is 114 Å². The number of anilines is 1. The summed E-state index contributed by atoms with van der Waals surface area (Å²) in [6.07, 6.45) is 1.53. The van der Waals surface area contributed by atoms with Crippen LogP contribution < -0.4 is 4.72 Å². The highest BCUT2D eigenvalue weighted by molar-refractivity contribution is 9.10. The first-order chi connectivity index (χ1) is 8.40. The smallest absolute Gasteiger partial charge is 0.264 e. The van der Waals surface area contributed by atoms with Gasteiger partial charge in [-0.25, -0.2) is 8.42 Å². The van der Waals surface area contributed by atoms with Gasteiger partial charge in [0.15, 0.2) is 0 Å². The quantitative estimate of drug-likeness (QED) is 0.939. The Hall–Kier alpha value is -1.34. The minimum Gasteiger partial charge on any atom is -0.264 e. The zero-order chi connectivity index (χ0) is 13.3. The molecule has 0 aliphatic heterocycles. The molecule has 0 fully saturated rings. The Morgan fingerprint density at radius 1 is 1.33 bits per heavy atom. The topological polar surface area (TPSA) is 64.0 Å². The minimum absolute atomic E-state index is 0.212. The second kappa shape index (κ2) is 4.74. The highest BCUT2D eigenvalue weighted by Gasteiger charge is 2.19. The van der Waals surface area contributed by atoms with Crippen molar-refractivity contribution in [2.45, 2.75) is 11.8 Å². The molecule has 2 aromatic rings. The van der Waals surface area contributed by atoms with E-state index in [2.05, 4.69) is 25.8 Å². The van der Waals surface area contributed by atoms with Crippen molar-refractivity contribution < 1.29 is 8.42 Å². The molecule has 0 saturated heterocycles. The summed E-state index contributed by atoms with van der Waals surface area (Å²) in [4.78, 5) is 0.212. The van der Waals surface area contributed by atoms with Crippen LogP contribution in [-0.2, 0) is 17.1 Å². The van der Waals surface area contributed by atoms with Crippen molar-refractivity contribution >= 4 is 31.8 Å². The molecule has 1 aromatic heterocycles. The summed E-state index contributed by atoms with van der Waals surface area (Å²) in [6.45, 7) is 1.84. The van der Waals surface area contributed by atoms with E-state index in [-0.39, 0.29) is 4.90 Å². The number of rotatable bonds is 3. The Kier molecular flexibility index (Phi) is 3.45. The molecular weight excluding hydrogens is 318 g/mol. The van der Waals surface area contributed by atoms with Gasteiger partial charge in [-0.3, -0.25) is 9.40 Å². The van der Waals surface area contributed by atoms with E-state index in [9.17, 15) is 8.42 Å². The number of nitrogens with zero attached hydrogens (tertiary/aromatic N) is 2. The number of hydrogen-bond donors (Lipinski definition) is 1. The van der Waals surface area contributed by atoms with Gasteiger partial charge in [0.05, 0.1) is 6.20 Å². The molecule has 2 rings (SSSR count). The molecule has 1 heterocycles. The maximum absolute atomic E-state index is 12.2. The van der Waals surface area contributed by atoms with Gasteiger partial charge >= 0.3 is 0 Å². The molecule has 0 radical (unpaired) electrons. The number of hydrogen-bond acceptors (Lipinski definition) is 3. The second-order valence-corrected chi connectivity index (χ2v) is 6.38. The molecule has 0 aliphatic carbocycles. The molecule has 96 valence electrons. The first-order valence-electron chi connectivity index (χ1n) is 5.17. The summed E-state index contributed by atoms with van der Waals surface area (Å²) < 4.78 is 29.0. The van der Waals surface area contributed by atoms with Crippen molar-refractivity contribution in [2.75, 3.05) is 4.72 Å². The van der Waals surface area contributed by atoms with Crippen LogP contribution in [0.2, 0.25) is 0 Å². The summed E-state index contributed by atoms with van der Waals surface area (Å²) in [7, 11) is -1.95. The lowest BCUT2D eigenvalue weighted by atomic mass is 10.2. The maximum Gasteiger partial charge on any atom is 0.264 e. The van der Waals surface area contributed by atoms with Crippen LogP contribution in [0.5, 0.6) is 0 Å². The van der Waals surface area contributed by atoms with E-state index in [0.29, 0.717) is 10.3 Å². The normalized spacial score (nSPS) is 11.5. The molecule has 18 heavy (non-hydrogen) atoms. The molecule has 0 bridgehead atoms. The summed E-state index contributed by atoms with van der Waals surface area (Å²) >= 11 is 3.25. The van der Waals surface area contributed by atoms with Crippen molar-refractivity contribution in [2.24, 2.45) is 7.05 Å². The van der Waals surface area contributed by atoms with Crippen LogP contribution in [0, 0.1) is 6.92 Å². The monoisotopic (exact) mass is 329 g/mol. The highest BCUT2D eigenvalue weighted by atomic mass is 79.9. The first kappa shape index (κ1) is 13.1. The Morgan fingerprint density at radius 2 is 2.06 bits per heavy atom. The van der Waals surface area contributed by atoms with Crippen LogP contribution in [0.4, 0.5) is 5.82 Å². The van der Waals surface area contributed by atoms with Crippen LogP contribution in [-0.4, -0.2) is 18.2 Å². The van der Waals surface area contributed by atoms with E-state index in [1.807, 2.05) is 13.0 Å². The first-order valence-corrected chi connectivity index (χ1v) is 7.45. The summed E-state index contributed by atoms with van der Waals surface area (Å²) in [5, 5.41) is 3.91. The van der Waals surface area contributed by atoms with E-state index < -0.39 is 10.0 Å². The van der Waals surface area contributed by atoms with Crippen LogP contribution in [0.25, 0.3) is 0 Å². The van der Waals surface area contributed by atoms with Crippen molar-refractivity contribution in [3.05, 3.63) is 40.5 Å². The van der Waals surface area contributed by atoms with E-state index in [1.165, 1.54) is 10.9 Å². The van der Waals surface area contributed by atoms with Crippen LogP contribution in [0.3, 0.4) is 0 Å². The second-order valence-electron chi connectivity index (χ2n) is 3.88. The molecule has 1 N–H and O–H groups in total. The van der Waals surface area contributed by atoms with E-state index in [1.54, 1.807) is 25.2 Å². The lowest BCUT2D eigenvalue weighted by molar-refractivity contribution is 0.599. The van der Waals surface area contributed by atoms with Gasteiger partial charge < -0.3 is 0 Å². The zero-order valence-electron chi connectivity index (χ0n) is 9.88. The minimum atomic E-state index is -3.62. The van der Waals surface area contributed by atoms with Gasteiger partial charge in [-0.1, -0.05) is 6.07 Å². The zero-order valence-corrected chi connectivity index (χ0v) is 12.3. The largest absolute Gasteiger partial charge is 0.264 e. The van der Waals surface area contributed by atoms with Crippen LogP contribution in [0.15, 0.2) is 39.8 Å². The van der Waals surface area contributed by atoms with Crippen molar-refractivity contribution in [1.82, 2.24) is 9.78 Å². The van der Waals surface area contributed by atoms with Gasteiger partial charge in [0.25, 0.3) is 10.0 Å². The van der Waals surface area contributed by atoms with Crippen LogP contribution >= 0.6 is 15.9 Å². The predicted molar refractivity (Wildman–Crippen MR) is 72.9 cm³/mol. The Balaban J connectivity index is 2.43. The summed E-state index contributed by atoms with van der Waals surface area (Å²) in [5.41, 5.74) is 0.878. The standard InChI is InChI=1S/C11H12BrN3O2S/c1-8-3-4-9(12)10(7-8)18(16,17)14-11-5-6-13-15(11)2/h3-7,14H,1-2H3. The fourth-order valence-electron chi connectivity index (χ4n) is 1.48. The van der Waals surface area contributed by atoms with Crippen molar-refractivity contribution in [3.8, 4) is 0 Å². The average Bonchev–Trinajstić information content (AvgIpc) is 2.67. The lowest BCUT2D eigenvalue weighted by Gasteiger charge is -2.10. The fourth-order valence-corrected chi connectivity index (χ4v) is 3.62. The molecule has 1 aromatic carbocycles. The van der Waals surface area contributed by atoms with Gasteiger partial charge in [-0.15, -0.1) is 0 Å². The molecular formula is C11H12BrN3O2S. The van der Waals surface area contributed by atoms with E-state index in [4.69, 9.17) is 0 Å². The van der Waals surface area contributed by atoms with E-state index >= 15 is 0 Å². The number of halogens is 1. The predicted octanol–water partition coefficient (Wildman–Crippen LogP) is 2.29. The average molecular weight is 330 g/mol. The van der Waals surface area contributed by atoms with Gasteiger partial charge in [0, 0.05) is 17.6 Å². The number of benzene rings is 1. The third-order valence-electron chi connectivity index (χ3n) is 2.44.